The zero-order valence-electron chi connectivity index (χ0n) is 9.43. The summed E-state index contributed by atoms with van der Waals surface area (Å²) in [4.78, 5) is 33.0. The highest BCUT2D eigenvalue weighted by Gasteiger charge is 2.25. The van der Waals surface area contributed by atoms with E-state index in [0.29, 0.717) is 0 Å². The summed E-state index contributed by atoms with van der Waals surface area (Å²) in [5.74, 6) is -1.66. The van der Waals surface area contributed by atoms with Gasteiger partial charge in [0.25, 0.3) is 5.69 Å². The maximum atomic E-state index is 11.5. The molecule has 0 saturated heterocycles. The lowest BCUT2D eigenvalue weighted by Gasteiger charge is -2.08. The van der Waals surface area contributed by atoms with E-state index in [1.54, 1.807) is 0 Å². The molecule has 0 N–H and O–H groups in total. The van der Waals surface area contributed by atoms with E-state index in [1.165, 1.54) is 0 Å². The van der Waals surface area contributed by atoms with Crippen molar-refractivity contribution in [2.75, 3.05) is 14.2 Å². The number of esters is 2. The number of halogens is 1. The average molecular weight is 318 g/mol. The lowest BCUT2D eigenvalue weighted by molar-refractivity contribution is -0.385. The van der Waals surface area contributed by atoms with Crippen molar-refractivity contribution in [2.24, 2.45) is 0 Å². The molecule has 8 heteroatoms. The summed E-state index contributed by atoms with van der Waals surface area (Å²) >= 11 is 2.99. The maximum absolute atomic E-state index is 11.5. The Kier molecular flexibility index (Phi) is 4.38. The van der Waals surface area contributed by atoms with Crippen molar-refractivity contribution >= 4 is 33.6 Å². The highest BCUT2D eigenvalue weighted by atomic mass is 79.9. The van der Waals surface area contributed by atoms with Crippen LogP contribution in [-0.4, -0.2) is 31.1 Å². The topological polar surface area (TPSA) is 95.7 Å². The molecule has 1 aromatic carbocycles. The number of rotatable bonds is 3. The first-order chi connectivity index (χ1) is 8.42. The van der Waals surface area contributed by atoms with Crippen LogP contribution in [0.25, 0.3) is 0 Å². The molecule has 1 rings (SSSR count). The van der Waals surface area contributed by atoms with Crippen molar-refractivity contribution < 1.29 is 24.0 Å². The van der Waals surface area contributed by atoms with Gasteiger partial charge >= 0.3 is 11.9 Å². The Morgan fingerprint density at radius 1 is 1.22 bits per heavy atom. The molecule has 0 unspecified atom stereocenters. The first-order valence-electron chi connectivity index (χ1n) is 4.57. The van der Waals surface area contributed by atoms with Gasteiger partial charge in [-0.1, -0.05) is 0 Å². The van der Waals surface area contributed by atoms with Gasteiger partial charge in [-0.3, -0.25) is 10.1 Å². The zero-order valence-corrected chi connectivity index (χ0v) is 11.0. The van der Waals surface area contributed by atoms with E-state index in [-0.39, 0.29) is 21.3 Å². The molecule has 0 bridgehead atoms. The number of carbonyl (C=O) groups is 2. The Morgan fingerprint density at radius 3 is 2.22 bits per heavy atom. The lowest BCUT2D eigenvalue weighted by atomic mass is 10.1. The smallest absolute Gasteiger partial charge is 0.339 e. The Labute approximate surface area is 110 Å². The molecule has 0 fully saturated rings. The minimum absolute atomic E-state index is 0.0870. The number of non-ortho nitro benzene ring substituents is 1. The molecule has 0 aromatic heterocycles. The van der Waals surface area contributed by atoms with Crippen molar-refractivity contribution in [3.63, 3.8) is 0 Å². The van der Waals surface area contributed by atoms with Gasteiger partial charge in [0.05, 0.1) is 30.3 Å². The summed E-state index contributed by atoms with van der Waals surface area (Å²) < 4.78 is 9.06. The van der Waals surface area contributed by atoms with E-state index >= 15 is 0 Å². The normalized spacial score (nSPS) is 9.72. The molecule has 0 atom stereocenters. The molecule has 0 aliphatic heterocycles. The van der Waals surface area contributed by atoms with Gasteiger partial charge in [0.1, 0.15) is 0 Å². The second-order valence-corrected chi connectivity index (χ2v) is 3.94. The lowest BCUT2D eigenvalue weighted by Crippen LogP contribution is -2.13. The van der Waals surface area contributed by atoms with Crippen LogP contribution >= 0.6 is 15.9 Å². The molecule has 18 heavy (non-hydrogen) atoms. The molecule has 96 valence electrons. The summed E-state index contributed by atoms with van der Waals surface area (Å²) in [5, 5.41) is 10.7. The van der Waals surface area contributed by atoms with E-state index in [0.717, 1.165) is 26.4 Å². The number of methoxy groups -OCH3 is 2. The summed E-state index contributed by atoms with van der Waals surface area (Å²) in [7, 11) is 2.24. The Morgan fingerprint density at radius 2 is 1.78 bits per heavy atom. The molecular formula is C10H8BrNO6. The maximum Gasteiger partial charge on any atom is 0.339 e. The average Bonchev–Trinajstić information content (AvgIpc) is 2.35. The van der Waals surface area contributed by atoms with E-state index < -0.39 is 16.9 Å². The highest BCUT2D eigenvalue weighted by molar-refractivity contribution is 9.10. The van der Waals surface area contributed by atoms with Crippen molar-refractivity contribution in [3.8, 4) is 0 Å². The van der Waals surface area contributed by atoms with Crippen LogP contribution in [0.3, 0.4) is 0 Å². The van der Waals surface area contributed by atoms with E-state index in [4.69, 9.17) is 0 Å². The highest BCUT2D eigenvalue weighted by Crippen LogP contribution is 2.28. The predicted octanol–water partition coefficient (Wildman–Crippen LogP) is 1.93. The fourth-order valence-corrected chi connectivity index (χ4v) is 1.89. The number of hydrogen-bond donors (Lipinski definition) is 0. The van der Waals surface area contributed by atoms with Gasteiger partial charge in [0.15, 0.2) is 0 Å². The van der Waals surface area contributed by atoms with Crippen molar-refractivity contribution in [3.05, 3.63) is 37.8 Å². The molecule has 0 amide bonds. The number of carbonyl (C=O) groups excluding carboxylic acids is 2. The molecule has 0 aliphatic carbocycles. The van der Waals surface area contributed by atoms with Crippen LogP contribution in [0.4, 0.5) is 5.69 Å². The largest absolute Gasteiger partial charge is 0.465 e. The van der Waals surface area contributed by atoms with Crippen molar-refractivity contribution in [1.29, 1.82) is 0 Å². The number of nitrogens with zero attached hydrogens (tertiary/aromatic N) is 1. The summed E-state index contributed by atoms with van der Waals surface area (Å²) in [6, 6.07) is 2.07. The molecule has 0 radical (unpaired) electrons. The van der Waals surface area contributed by atoms with Gasteiger partial charge in [0.2, 0.25) is 0 Å². The number of hydrogen-bond acceptors (Lipinski definition) is 6. The number of ether oxygens (including phenoxy) is 2. The third kappa shape index (κ3) is 2.65. The van der Waals surface area contributed by atoms with Crippen LogP contribution < -0.4 is 0 Å². The quantitative estimate of drug-likeness (QED) is 0.480. The SMILES string of the molecule is COC(=O)c1cc([N+](=O)[O-])cc(Br)c1C(=O)OC. The zero-order chi connectivity index (χ0) is 13.9. The summed E-state index contributed by atoms with van der Waals surface area (Å²) in [5.41, 5.74) is -0.685. The molecule has 0 aliphatic rings. The molecule has 0 saturated carbocycles. The first kappa shape index (κ1) is 14.1. The summed E-state index contributed by atoms with van der Waals surface area (Å²) in [6.45, 7) is 0. The second-order valence-electron chi connectivity index (χ2n) is 3.09. The number of nitro groups is 1. The third-order valence-corrected chi connectivity index (χ3v) is 2.71. The van der Waals surface area contributed by atoms with Gasteiger partial charge in [-0.05, 0) is 15.9 Å². The molecule has 0 spiro atoms. The minimum Gasteiger partial charge on any atom is -0.465 e. The Bertz CT molecular complexity index is 527. The van der Waals surface area contributed by atoms with Crippen LogP contribution in [0.1, 0.15) is 20.7 Å². The summed E-state index contributed by atoms with van der Waals surface area (Å²) in [6.07, 6.45) is 0. The van der Waals surface area contributed by atoms with E-state index in [2.05, 4.69) is 25.4 Å². The fourth-order valence-electron chi connectivity index (χ4n) is 1.28. The van der Waals surface area contributed by atoms with Crippen LogP contribution in [0.5, 0.6) is 0 Å². The van der Waals surface area contributed by atoms with Crippen LogP contribution in [0, 0.1) is 10.1 Å². The van der Waals surface area contributed by atoms with Gasteiger partial charge in [-0.2, -0.15) is 0 Å². The van der Waals surface area contributed by atoms with Crippen LogP contribution in [0.15, 0.2) is 16.6 Å². The van der Waals surface area contributed by atoms with Gasteiger partial charge < -0.3 is 9.47 Å². The van der Waals surface area contributed by atoms with E-state index in [1.807, 2.05) is 0 Å². The third-order valence-electron chi connectivity index (χ3n) is 2.08. The molecular weight excluding hydrogens is 310 g/mol. The van der Waals surface area contributed by atoms with Gasteiger partial charge in [-0.25, -0.2) is 9.59 Å². The predicted molar refractivity (Wildman–Crippen MR) is 63.5 cm³/mol. The fraction of sp³-hybridized carbons (Fsp3) is 0.200. The standard InChI is InChI=1S/C10H8BrNO6/c1-17-9(13)6-3-5(12(15)16)4-7(11)8(6)10(14)18-2/h3-4H,1-2H3. The molecule has 0 heterocycles. The Balaban J connectivity index is 3.54. The Hall–Kier alpha value is -1.96. The van der Waals surface area contributed by atoms with Crippen molar-refractivity contribution in [1.82, 2.24) is 0 Å². The first-order valence-corrected chi connectivity index (χ1v) is 5.36. The van der Waals surface area contributed by atoms with Crippen LogP contribution in [0.2, 0.25) is 0 Å². The molecule has 1 aromatic rings. The monoisotopic (exact) mass is 317 g/mol. The van der Waals surface area contributed by atoms with E-state index in [9.17, 15) is 19.7 Å². The minimum atomic E-state index is -0.861. The molecule has 7 nitrogen and oxygen atoms in total. The van der Waals surface area contributed by atoms with Gasteiger partial charge in [-0.15, -0.1) is 0 Å². The van der Waals surface area contributed by atoms with Crippen LogP contribution in [-0.2, 0) is 9.47 Å². The van der Waals surface area contributed by atoms with Gasteiger partial charge in [0, 0.05) is 16.6 Å². The van der Waals surface area contributed by atoms with Crippen molar-refractivity contribution in [2.45, 2.75) is 0 Å². The number of benzene rings is 1. The second kappa shape index (κ2) is 5.58. The number of nitro benzene ring substituents is 1.